The molecule has 0 bridgehead atoms. The number of methoxy groups -OCH3 is 1. The second kappa shape index (κ2) is 7.21. The molecule has 4 rings (SSSR count). The van der Waals surface area contributed by atoms with Gasteiger partial charge in [-0.15, -0.1) is 0 Å². The van der Waals surface area contributed by atoms with Crippen LogP contribution in [0.25, 0.3) is 5.82 Å². The molecule has 1 saturated carbocycles. The van der Waals surface area contributed by atoms with Gasteiger partial charge in [0.15, 0.2) is 5.82 Å². The highest BCUT2D eigenvalue weighted by molar-refractivity contribution is 5.69. The molecule has 2 aromatic rings. The van der Waals surface area contributed by atoms with Gasteiger partial charge < -0.3 is 19.5 Å². The summed E-state index contributed by atoms with van der Waals surface area (Å²) in [5.41, 5.74) is 0.856. The third-order valence-electron chi connectivity index (χ3n) is 5.37. The summed E-state index contributed by atoms with van der Waals surface area (Å²) in [6.45, 7) is -0.689. The molecule has 0 aromatic carbocycles. The zero-order valence-electron chi connectivity index (χ0n) is 15.4. The molecule has 0 radical (unpaired) electrons. The van der Waals surface area contributed by atoms with E-state index in [4.69, 9.17) is 9.84 Å². The van der Waals surface area contributed by atoms with E-state index in [1.54, 1.807) is 36.3 Å². The number of hydrogen-bond acceptors (Lipinski definition) is 6. The average Bonchev–Trinajstić information content (AvgIpc) is 3.07. The maximum Gasteiger partial charge on any atom is 0.427 e. The van der Waals surface area contributed by atoms with Crippen LogP contribution in [0.4, 0.5) is 18.0 Å². The smallest absolute Gasteiger partial charge is 0.427 e. The number of carbonyl (C=O) groups excluding carboxylic acids is 1. The Labute approximate surface area is 163 Å². The van der Waals surface area contributed by atoms with Crippen LogP contribution < -0.4 is 4.74 Å². The van der Waals surface area contributed by atoms with Crippen molar-refractivity contribution in [1.82, 2.24) is 19.7 Å². The van der Waals surface area contributed by atoms with Crippen molar-refractivity contribution >= 4 is 6.09 Å². The number of fused-ring (bicyclic) bond motifs is 1. The lowest BCUT2D eigenvalue weighted by Gasteiger charge is -2.24. The van der Waals surface area contributed by atoms with Crippen molar-refractivity contribution < 1.29 is 32.5 Å². The van der Waals surface area contributed by atoms with E-state index in [2.05, 4.69) is 14.8 Å². The first kappa shape index (κ1) is 19.5. The summed E-state index contributed by atoms with van der Waals surface area (Å²) in [7, 11) is 1.56. The second-order valence-electron chi connectivity index (χ2n) is 7.10. The van der Waals surface area contributed by atoms with Crippen molar-refractivity contribution in [3.63, 3.8) is 0 Å². The van der Waals surface area contributed by atoms with Crippen LogP contribution in [0.2, 0.25) is 0 Å². The number of nitrogens with zero attached hydrogens (tertiary/aromatic N) is 4. The first-order chi connectivity index (χ1) is 13.8. The van der Waals surface area contributed by atoms with E-state index in [0.29, 0.717) is 24.7 Å². The standard InChI is InChI=1S/C18H19F3N4O4/c1-28-10-2-3-15(22-6-10)25-5-4-13(23-25)16-11-7-24(8-12(11)16)17(27)29-14(9-26)18(19,20)21/h2-6,11-12,14,16,26H,7-9H2,1H3/t11-,12+,14-,16+/m1/s1. The number of ether oxygens (including phenoxy) is 2. The van der Waals surface area contributed by atoms with Crippen LogP contribution in [0.1, 0.15) is 11.6 Å². The Hall–Kier alpha value is -2.82. The fourth-order valence-electron chi connectivity index (χ4n) is 3.79. The van der Waals surface area contributed by atoms with Crippen LogP contribution in [0, 0.1) is 11.8 Å². The number of hydrogen-bond donors (Lipinski definition) is 1. The number of rotatable bonds is 5. The minimum absolute atomic E-state index is 0.133. The van der Waals surface area contributed by atoms with E-state index in [9.17, 15) is 18.0 Å². The molecule has 1 amide bonds. The molecule has 2 aliphatic rings. The molecule has 0 spiro atoms. The molecule has 0 unspecified atom stereocenters. The molecule has 2 aromatic heterocycles. The van der Waals surface area contributed by atoms with Crippen LogP contribution in [0.15, 0.2) is 30.6 Å². The summed E-state index contributed by atoms with van der Waals surface area (Å²) in [5, 5.41) is 13.3. The average molecular weight is 412 g/mol. The molecule has 156 valence electrons. The van der Waals surface area contributed by atoms with Gasteiger partial charge in [-0.05, 0) is 30.0 Å². The van der Waals surface area contributed by atoms with Gasteiger partial charge in [0, 0.05) is 25.2 Å². The van der Waals surface area contributed by atoms with Crippen molar-refractivity contribution in [3.05, 3.63) is 36.3 Å². The van der Waals surface area contributed by atoms with Gasteiger partial charge in [-0.3, -0.25) is 0 Å². The molecular formula is C18H19F3N4O4. The van der Waals surface area contributed by atoms with Gasteiger partial charge in [-0.1, -0.05) is 0 Å². The number of amides is 1. The zero-order chi connectivity index (χ0) is 20.8. The zero-order valence-corrected chi connectivity index (χ0v) is 15.4. The van der Waals surface area contributed by atoms with E-state index < -0.39 is 25.0 Å². The summed E-state index contributed by atoms with van der Waals surface area (Å²) in [4.78, 5) is 17.5. The van der Waals surface area contributed by atoms with E-state index >= 15 is 0 Å². The molecule has 8 nitrogen and oxygen atoms in total. The number of alkyl halides is 3. The van der Waals surface area contributed by atoms with Gasteiger partial charge in [0.05, 0.1) is 25.6 Å². The molecule has 29 heavy (non-hydrogen) atoms. The SMILES string of the molecule is COc1ccc(-n2ccc([C@H]3[C@@H]4CN(C(=O)O[C@H](CO)C(F)(F)F)C[C@@H]43)n2)nc1. The van der Waals surface area contributed by atoms with E-state index in [-0.39, 0.29) is 17.8 Å². The summed E-state index contributed by atoms with van der Waals surface area (Å²) in [6.07, 6.45) is -4.97. The van der Waals surface area contributed by atoms with E-state index in [1.807, 2.05) is 6.07 Å². The van der Waals surface area contributed by atoms with Crippen LogP contribution in [0.3, 0.4) is 0 Å². The monoisotopic (exact) mass is 412 g/mol. The number of aliphatic hydroxyl groups is 1. The lowest BCUT2D eigenvalue weighted by atomic mass is 10.2. The molecule has 1 aliphatic heterocycles. The Kier molecular flexibility index (Phi) is 4.85. The summed E-state index contributed by atoms with van der Waals surface area (Å²) in [6, 6.07) is 5.43. The Morgan fingerprint density at radius 1 is 1.31 bits per heavy atom. The third kappa shape index (κ3) is 3.74. The summed E-state index contributed by atoms with van der Waals surface area (Å²) >= 11 is 0. The Balaban J connectivity index is 1.35. The minimum atomic E-state index is -4.79. The van der Waals surface area contributed by atoms with E-state index in [0.717, 1.165) is 5.69 Å². The van der Waals surface area contributed by atoms with Crippen molar-refractivity contribution in [1.29, 1.82) is 0 Å². The number of aromatic nitrogens is 3. The maximum absolute atomic E-state index is 12.6. The molecule has 1 aliphatic carbocycles. The first-order valence-corrected chi connectivity index (χ1v) is 9.01. The Morgan fingerprint density at radius 2 is 2.03 bits per heavy atom. The molecule has 1 N–H and O–H groups in total. The Morgan fingerprint density at radius 3 is 2.59 bits per heavy atom. The largest absolute Gasteiger partial charge is 0.495 e. The number of piperidine rings is 1. The van der Waals surface area contributed by atoms with Crippen molar-refractivity contribution in [2.45, 2.75) is 18.2 Å². The van der Waals surface area contributed by atoms with Gasteiger partial charge in [-0.25, -0.2) is 14.5 Å². The highest BCUT2D eigenvalue weighted by atomic mass is 19.4. The Bertz CT molecular complexity index is 874. The van der Waals surface area contributed by atoms with Gasteiger partial charge in [0.1, 0.15) is 5.75 Å². The molecule has 2 fully saturated rings. The topological polar surface area (TPSA) is 89.7 Å². The lowest BCUT2D eigenvalue weighted by Crippen LogP contribution is -2.42. The molecule has 3 heterocycles. The number of aliphatic hydroxyl groups excluding tert-OH is 1. The maximum atomic E-state index is 12.6. The third-order valence-corrected chi connectivity index (χ3v) is 5.37. The van der Waals surface area contributed by atoms with Gasteiger partial charge >= 0.3 is 12.3 Å². The molecular weight excluding hydrogens is 393 g/mol. The predicted molar refractivity (Wildman–Crippen MR) is 92.6 cm³/mol. The quantitative estimate of drug-likeness (QED) is 0.808. The van der Waals surface area contributed by atoms with Gasteiger partial charge in [0.25, 0.3) is 0 Å². The fraction of sp³-hybridized carbons (Fsp3) is 0.500. The van der Waals surface area contributed by atoms with E-state index in [1.165, 1.54) is 4.90 Å². The number of pyridine rings is 1. The van der Waals surface area contributed by atoms with Crippen LogP contribution in [0.5, 0.6) is 5.75 Å². The number of halogens is 3. The second-order valence-corrected chi connectivity index (χ2v) is 7.10. The predicted octanol–water partition coefficient (Wildman–Crippen LogP) is 1.98. The molecule has 11 heteroatoms. The van der Waals surface area contributed by atoms with Gasteiger partial charge in [0.2, 0.25) is 6.10 Å². The fourth-order valence-corrected chi connectivity index (χ4v) is 3.79. The van der Waals surface area contributed by atoms with Crippen molar-refractivity contribution in [2.75, 3.05) is 26.8 Å². The minimum Gasteiger partial charge on any atom is -0.495 e. The van der Waals surface area contributed by atoms with Crippen LogP contribution in [-0.2, 0) is 4.74 Å². The summed E-state index contributed by atoms with van der Waals surface area (Å²) in [5.74, 6) is 1.69. The van der Waals surface area contributed by atoms with Crippen LogP contribution in [-0.4, -0.2) is 70.0 Å². The normalized spacial score (nSPS) is 24.2. The number of carbonyl (C=O) groups is 1. The van der Waals surface area contributed by atoms with Gasteiger partial charge in [-0.2, -0.15) is 18.3 Å². The highest BCUT2D eigenvalue weighted by Crippen LogP contribution is 2.57. The first-order valence-electron chi connectivity index (χ1n) is 9.01. The lowest BCUT2D eigenvalue weighted by molar-refractivity contribution is -0.214. The van der Waals surface area contributed by atoms with Crippen molar-refractivity contribution in [3.8, 4) is 11.6 Å². The summed E-state index contributed by atoms with van der Waals surface area (Å²) < 4.78 is 49.1. The number of likely N-dealkylation sites (tertiary alicyclic amines) is 1. The van der Waals surface area contributed by atoms with Crippen molar-refractivity contribution in [2.24, 2.45) is 11.8 Å². The molecule has 4 atom stereocenters. The molecule has 1 saturated heterocycles. The van der Waals surface area contributed by atoms with Crippen LogP contribution >= 0.6 is 0 Å². The highest BCUT2D eigenvalue weighted by Gasteiger charge is 2.59.